The molecule has 24 heavy (non-hydrogen) atoms. The van der Waals surface area contributed by atoms with E-state index in [9.17, 15) is 13.2 Å². The molecule has 0 saturated heterocycles. The van der Waals surface area contributed by atoms with E-state index in [0.717, 1.165) is 9.87 Å². The standard InChI is InChI=1S/C17H19ClN2O3S/c1-12(14-5-4-6-15(18)11-14)19-17(21)13-7-9-16(10-8-13)24(22,23)20(2)3/h4-12H,1-3H3,(H,19,21)/t12-/m0/s1. The molecule has 2 aromatic carbocycles. The molecule has 7 heteroatoms. The molecule has 5 nitrogen and oxygen atoms in total. The molecular formula is C17H19ClN2O3S. The van der Waals surface area contributed by atoms with E-state index >= 15 is 0 Å². The average Bonchev–Trinajstić information content (AvgIpc) is 2.54. The second kappa shape index (κ2) is 7.34. The van der Waals surface area contributed by atoms with Crippen molar-refractivity contribution in [3.05, 3.63) is 64.7 Å². The maximum atomic E-state index is 12.3. The number of carbonyl (C=O) groups excluding carboxylic acids is 1. The molecule has 2 rings (SSSR count). The van der Waals surface area contributed by atoms with Crippen LogP contribution in [0.4, 0.5) is 0 Å². The van der Waals surface area contributed by atoms with Crippen LogP contribution in [0, 0.1) is 0 Å². The van der Waals surface area contributed by atoms with Gasteiger partial charge in [0.05, 0.1) is 10.9 Å². The van der Waals surface area contributed by atoms with E-state index in [2.05, 4.69) is 5.32 Å². The summed E-state index contributed by atoms with van der Waals surface area (Å²) in [4.78, 5) is 12.4. The second-order valence-electron chi connectivity index (χ2n) is 5.56. The maximum absolute atomic E-state index is 12.3. The smallest absolute Gasteiger partial charge is 0.251 e. The first-order valence-electron chi connectivity index (χ1n) is 7.31. The Balaban J connectivity index is 2.13. The van der Waals surface area contributed by atoms with Crippen molar-refractivity contribution in [2.45, 2.75) is 17.9 Å². The highest BCUT2D eigenvalue weighted by Crippen LogP contribution is 2.18. The fourth-order valence-electron chi connectivity index (χ4n) is 2.13. The van der Waals surface area contributed by atoms with Crippen LogP contribution in [-0.2, 0) is 10.0 Å². The Morgan fingerprint density at radius 1 is 1.12 bits per heavy atom. The number of hydrogen-bond donors (Lipinski definition) is 1. The zero-order valence-electron chi connectivity index (χ0n) is 13.7. The highest BCUT2D eigenvalue weighted by atomic mass is 35.5. The minimum atomic E-state index is -3.50. The van der Waals surface area contributed by atoms with Gasteiger partial charge in [-0.05, 0) is 48.9 Å². The number of sulfonamides is 1. The Hall–Kier alpha value is -1.89. The van der Waals surface area contributed by atoms with E-state index in [1.807, 2.05) is 19.1 Å². The molecule has 0 saturated carbocycles. The topological polar surface area (TPSA) is 66.5 Å². The lowest BCUT2D eigenvalue weighted by atomic mass is 10.1. The van der Waals surface area contributed by atoms with E-state index in [-0.39, 0.29) is 16.8 Å². The van der Waals surface area contributed by atoms with Crippen molar-refractivity contribution in [1.29, 1.82) is 0 Å². The molecule has 2 aromatic rings. The van der Waals surface area contributed by atoms with Crippen LogP contribution in [0.3, 0.4) is 0 Å². The van der Waals surface area contributed by atoms with Crippen molar-refractivity contribution in [1.82, 2.24) is 9.62 Å². The van der Waals surface area contributed by atoms with Gasteiger partial charge in [-0.15, -0.1) is 0 Å². The van der Waals surface area contributed by atoms with Gasteiger partial charge in [0.2, 0.25) is 10.0 Å². The van der Waals surface area contributed by atoms with Crippen LogP contribution in [-0.4, -0.2) is 32.7 Å². The summed E-state index contributed by atoms with van der Waals surface area (Å²) in [5.74, 6) is -0.281. The molecule has 0 radical (unpaired) electrons. The highest BCUT2D eigenvalue weighted by Gasteiger charge is 2.18. The van der Waals surface area contributed by atoms with E-state index in [0.29, 0.717) is 10.6 Å². The maximum Gasteiger partial charge on any atom is 0.251 e. The number of hydrogen-bond acceptors (Lipinski definition) is 3. The summed E-state index contributed by atoms with van der Waals surface area (Å²) in [5.41, 5.74) is 1.28. The third-order valence-electron chi connectivity index (χ3n) is 3.59. The number of carbonyl (C=O) groups is 1. The summed E-state index contributed by atoms with van der Waals surface area (Å²) in [6, 6.07) is 12.9. The Morgan fingerprint density at radius 2 is 1.75 bits per heavy atom. The molecule has 1 amide bonds. The predicted octanol–water partition coefficient (Wildman–Crippen LogP) is 3.08. The van der Waals surface area contributed by atoms with Gasteiger partial charge in [-0.3, -0.25) is 4.79 Å². The van der Waals surface area contributed by atoms with Crippen molar-refractivity contribution in [2.24, 2.45) is 0 Å². The van der Waals surface area contributed by atoms with Crippen molar-refractivity contribution in [3.63, 3.8) is 0 Å². The highest BCUT2D eigenvalue weighted by molar-refractivity contribution is 7.89. The van der Waals surface area contributed by atoms with Crippen molar-refractivity contribution in [3.8, 4) is 0 Å². The Labute approximate surface area is 147 Å². The van der Waals surface area contributed by atoms with Gasteiger partial charge in [-0.1, -0.05) is 23.7 Å². The fourth-order valence-corrected chi connectivity index (χ4v) is 3.23. The number of amides is 1. The normalized spacial score (nSPS) is 12.9. The summed E-state index contributed by atoms with van der Waals surface area (Å²) in [6.45, 7) is 1.86. The first-order chi connectivity index (χ1) is 11.2. The van der Waals surface area contributed by atoms with Gasteiger partial charge < -0.3 is 5.32 Å². The molecule has 0 aliphatic carbocycles. The SMILES string of the molecule is C[C@H](NC(=O)c1ccc(S(=O)(=O)N(C)C)cc1)c1cccc(Cl)c1. The van der Waals surface area contributed by atoms with Crippen molar-refractivity contribution in [2.75, 3.05) is 14.1 Å². The number of nitrogens with one attached hydrogen (secondary N) is 1. The number of nitrogens with zero attached hydrogens (tertiary/aromatic N) is 1. The average molecular weight is 367 g/mol. The largest absolute Gasteiger partial charge is 0.346 e. The Kier molecular flexibility index (Phi) is 5.64. The Morgan fingerprint density at radius 3 is 2.29 bits per heavy atom. The quantitative estimate of drug-likeness (QED) is 0.884. The molecule has 0 heterocycles. The van der Waals surface area contributed by atoms with Crippen LogP contribution < -0.4 is 5.32 Å². The van der Waals surface area contributed by atoms with Gasteiger partial charge in [-0.25, -0.2) is 12.7 Å². The summed E-state index contributed by atoms with van der Waals surface area (Å²) in [5, 5.41) is 3.47. The third kappa shape index (κ3) is 4.14. The van der Waals surface area contributed by atoms with Crippen LogP contribution in [0.1, 0.15) is 28.9 Å². The number of halogens is 1. The molecule has 0 aliphatic heterocycles. The molecule has 0 fully saturated rings. The van der Waals surface area contributed by atoms with Crippen LogP contribution in [0.15, 0.2) is 53.4 Å². The number of benzene rings is 2. The van der Waals surface area contributed by atoms with Gasteiger partial charge >= 0.3 is 0 Å². The van der Waals surface area contributed by atoms with E-state index in [4.69, 9.17) is 11.6 Å². The van der Waals surface area contributed by atoms with Gasteiger partial charge in [-0.2, -0.15) is 0 Å². The van der Waals surface area contributed by atoms with Crippen molar-refractivity contribution >= 4 is 27.5 Å². The molecule has 1 N–H and O–H groups in total. The summed E-state index contributed by atoms with van der Waals surface area (Å²) in [7, 11) is -0.581. The second-order valence-corrected chi connectivity index (χ2v) is 8.15. The molecule has 1 atom stereocenters. The molecule has 0 aliphatic rings. The lowest BCUT2D eigenvalue weighted by Crippen LogP contribution is -2.27. The van der Waals surface area contributed by atoms with E-state index in [1.54, 1.807) is 12.1 Å². The summed E-state index contributed by atoms with van der Waals surface area (Å²) < 4.78 is 25.2. The van der Waals surface area contributed by atoms with Crippen LogP contribution in [0.5, 0.6) is 0 Å². The molecule has 0 aromatic heterocycles. The summed E-state index contributed by atoms with van der Waals surface area (Å²) >= 11 is 5.95. The van der Waals surface area contributed by atoms with Gasteiger partial charge in [0.1, 0.15) is 0 Å². The van der Waals surface area contributed by atoms with E-state index < -0.39 is 10.0 Å². The van der Waals surface area contributed by atoms with Crippen LogP contribution in [0.25, 0.3) is 0 Å². The van der Waals surface area contributed by atoms with Gasteiger partial charge in [0, 0.05) is 24.7 Å². The number of rotatable bonds is 5. The monoisotopic (exact) mass is 366 g/mol. The third-order valence-corrected chi connectivity index (χ3v) is 5.66. The minimum absolute atomic E-state index is 0.145. The minimum Gasteiger partial charge on any atom is -0.346 e. The Bertz CT molecular complexity index is 833. The molecule has 0 spiro atoms. The van der Waals surface area contributed by atoms with Crippen molar-refractivity contribution < 1.29 is 13.2 Å². The molecule has 0 bridgehead atoms. The van der Waals surface area contributed by atoms with Gasteiger partial charge in [0.25, 0.3) is 5.91 Å². The first-order valence-corrected chi connectivity index (χ1v) is 9.12. The van der Waals surface area contributed by atoms with Gasteiger partial charge in [0.15, 0.2) is 0 Å². The first kappa shape index (κ1) is 18.4. The predicted molar refractivity (Wildman–Crippen MR) is 94.6 cm³/mol. The molecule has 128 valence electrons. The molecular weight excluding hydrogens is 348 g/mol. The lowest BCUT2D eigenvalue weighted by molar-refractivity contribution is 0.0940. The van der Waals surface area contributed by atoms with Crippen LogP contribution in [0.2, 0.25) is 5.02 Å². The fraction of sp³-hybridized carbons (Fsp3) is 0.235. The zero-order chi connectivity index (χ0) is 17.9. The van der Waals surface area contributed by atoms with Crippen LogP contribution >= 0.6 is 11.6 Å². The lowest BCUT2D eigenvalue weighted by Gasteiger charge is -2.15. The summed E-state index contributed by atoms with van der Waals surface area (Å²) in [6.07, 6.45) is 0. The van der Waals surface area contributed by atoms with E-state index in [1.165, 1.54) is 38.4 Å². The zero-order valence-corrected chi connectivity index (χ0v) is 15.2. The molecule has 0 unspecified atom stereocenters.